The molecule has 1 aliphatic heterocycles. The Labute approximate surface area is 116 Å². The van der Waals surface area contributed by atoms with Crippen molar-refractivity contribution in [2.45, 2.75) is 19.9 Å². The first kappa shape index (κ1) is 12.7. The third-order valence-electron chi connectivity index (χ3n) is 3.80. The Morgan fingerprint density at radius 2 is 2.15 bits per heavy atom. The maximum atomic E-state index is 12.6. The number of fused-ring (bicyclic) bond motifs is 1. The van der Waals surface area contributed by atoms with Crippen LogP contribution in [0.4, 0.5) is 0 Å². The normalized spacial score (nSPS) is 19.2. The molecule has 1 atom stereocenters. The number of rotatable bonds is 1. The van der Waals surface area contributed by atoms with E-state index in [0.29, 0.717) is 24.4 Å². The first-order valence-electron chi connectivity index (χ1n) is 6.66. The van der Waals surface area contributed by atoms with Gasteiger partial charge in [0.25, 0.3) is 5.91 Å². The number of nitrogens with one attached hydrogen (secondary N) is 1. The lowest BCUT2D eigenvalue weighted by Gasteiger charge is -2.32. The minimum atomic E-state index is -0.469. The largest absolute Gasteiger partial charge is 0.451 e. The van der Waals surface area contributed by atoms with E-state index in [1.807, 2.05) is 31.2 Å². The Hall–Kier alpha value is -2.30. The van der Waals surface area contributed by atoms with Gasteiger partial charge >= 0.3 is 0 Å². The Morgan fingerprint density at radius 3 is 2.90 bits per heavy atom. The zero-order valence-electron chi connectivity index (χ0n) is 11.5. The summed E-state index contributed by atoms with van der Waals surface area (Å²) in [5.41, 5.74) is 1.52. The molecule has 20 heavy (non-hydrogen) atoms. The van der Waals surface area contributed by atoms with Gasteiger partial charge in [0.05, 0.1) is 0 Å². The number of para-hydroxylation sites is 1. The number of carbonyl (C=O) groups excluding carboxylic acids is 2. The first-order valence-corrected chi connectivity index (χ1v) is 6.66. The number of benzene rings is 1. The molecule has 104 valence electrons. The Kier molecular flexibility index (Phi) is 2.97. The molecule has 2 amide bonds. The van der Waals surface area contributed by atoms with E-state index in [2.05, 4.69) is 5.32 Å². The molecule has 2 heterocycles. The highest BCUT2D eigenvalue weighted by Gasteiger charge is 2.32. The zero-order valence-corrected chi connectivity index (χ0v) is 11.5. The van der Waals surface area contributed by atoms with Crippen molar-refractivity contribution in [1.29, 1.82) is 0 Å². The van der Waals surface area contributed by atoms with Crippen molar-refractivity contribution in [3.63, 3.8) is 0 Å². The molecular formula is C15H16N2O3. The van der Waals surface area contributed by atoms with Crippen LogP contribution in [0.1, 0.15) is 23.0 Å². The van der Waals surface area contributed by atoms with Gasteiger partial charge in [-0.05, 0) is 19.9 Å². The number of amides is 2. The average molecular weight is 272 g/mol. The van der Waals surface area contributed by atoms with Crippen LogP contribution in [0.2, 0.25) is 0 Å². The molecule has 1 aromatic carbocycles. The van der Waals surface area contributed by atoms with E-state index < -0.39 is 6.04 Å². The fourth-order valence-corrected chi connectivity index (χ4v) is 2.57. The van der Waals surface area contributed by atoms with Crippen LogP contribution in [-0.2, 0) is 4.79 Å². The second-order valence-electron chi connectivity index (χ2n) is 5.02. The summed E-state index contributed by atoms with van der Waals surface area (Å²) < 4.78 is 5.67. The number of furan rings is 1. The molecule has 0 radical (unpaired) electrons. The van der Waals surface area contributed by atoms with Gasteiger partial charge in [0.1, 0.15) is 11.6 Å². The highest BCUT2D eigenvalue weighted by molar-refractivity contribution is 6.01. The highest BCUT2D eigenvalue weighted by atomic mass is 16.3. The molecule has 1 aromatic heterocycles. The average Bonchev–Trinajstić information content (AvgIpc) is 2.79. The Bertz CT molecular complexity index is 689. The first-order chi connectivity index (χ1) is 9.59. The predicted molar refractivity (Wildman–Crippen MR) is 74.5 cm³/mol. The molecule has 1 fully saturated rings. The van der Waals surface area contributed by atoms with Gasteiger partial charge in [0.2, 0.25) is 5.91 Å². The van der Waals surface area contributed by atoms with E-state index in [-0.39, 0.29) is 11.8 Å². The van der Waals surface area contributed by atoms with Crippen molar-refractivity contribution in [2.24, 2.45) is 0 Å². The van der Waals surface area contributed by atoms with Gasteiger partial charge in [0.15, 0.2) is 5.76 Å². The van der Waals surface area contributed by atoms with Gasteiger partial charge in [-0.15, -0.1) is 0 Å². The van der Waals surface area contributed by atoms with Crippen LogP contribution in [0, 0.1) is 6.92 Å². The minimum Gasteiger partial charge on any atom is -0.451 e. The van der Waals surface area contributed by atoms with E-state index in [4.69, 9.17) is 4.42 Å². The lowest BCUT2D eigenvalue weighted by Crippen LogP contribution is -2.55. The van der Waals surface area contributed by atoms with Gasteiger partial charge in [-0.1, -0.05) is 18.2 Å². The smallest absolute Gasteiger partial charge is 0.290 e. The second-order valence-corrected chi connectivity index (χ2v) is 5.02. The summed E-state index contributed by atoms with van der Waals surface area (Å²) in [7, 11) is 0. The molecule has 1 aliphatic rings. The lowest BCUT2D eigenvalue weighted by atomic mass is 10.1. The molecule has 0 aliphatic carbocycles. The van der Waals surface area contributed by atoms with Gasteiger partial charge in [-0.25, -0.2) is 0 Å². The van der Waals surface area contributed by atoms with E-state index in [1.165, 1.54) is 0 Å². The number of hydrogen-bond donors (Lipinski definition) is 1. The van der Waals surface area contributed by atoms with E-state index >= 15 is 0 Å². The molecule has 0 bridgehead atoms. The van der Waals surface area contributed by atoms with Crippen molar-refractivity contribution >= 4 is 22.8 Å². The lowest BCUT2D eigenvalue weighted by molar-refractivity contribution is -0.127. The van der Waals surface area contributed by atoms with E-state index in [9.17, 15) is 9.59 Å². The summed E-state index contributed by atoms with van der Waals surface area (Å²) in [6, 6.07) is 7.08. The standard InChI is InChI=1S/C15H16N2O3/c1-9-11-5-3-4-6-12(11)20-13(9)15(19)17-8-7-16-14(18)10(17)2/h3-6,10H,7-8H2,1-2H3,(H,16,18). The van der Waals surface area contributed by atoms with E-state index in [0.717, 1.165) is 10.9 Å². The molecule has 0 spiro atoms. The summed E-state index contributed by atoms with van der Waals surface area (Å²) >= 11 is 0. The van der Waals surface area contributed by atoms with Gasteiger partial charge in [0, 0.05) is 24.0 Å². The molecule has 1 N–H and O–H groups in total. The molecule has 1 unspecified atom stereocenters. The third-order valence-corrected chi connectivity index (χ3v) is 3.80. The number of aryl methyl sites for hydroxylation is 1. The van der Waals surface area contributed by atoms with Crippen molar-refractivity contribution in [2.75, 3.05) is 13.1 Å². The summed E-state index contributed by atoms with van der Waals surface area (Å²) in [6.45, 7) is 4.58. The minimum absolute atomic E-state index is 0.127. The van der Waals surface area contributed by atoms with Crippen LogP contribution < -0.4 is 5.32 Å². The van der Waals surface area contributed by atoms with Crippen LogP contribution >= 0.6 is 0 Å². The summed E-state index contributed by atoms with van der Waals surface area (Å²) in [5, 5.41) is 3.68. The monoisotopic (exact) mass is 272 g/mol. The van der Waals surface area contributed by atoms with Crippen LogP contribution in [0.3, 0.4) is 0 Å². The van der Waals surface area contributed by atoms with Crippen LogP contribution in [0.15, 0.2) is 28.7 Å². The Balaban J connectivity index is 2.00. The summed E-state index contributed by atoms with van der Waals surface area (Å²) in [6.07, 6.45) is 0. The maximum Gasteiger partial charge on any atom is 0.290 e. The van der Waals surface area contributed by atoms with Crippen LogP contribution in [0.5, 0.6) is 0 Å². The fraction of sp³-hybridized carbons (Fsp3) is 0.333. The number of nitrogens with zero attached hydrogens (tertiary/aromatic N) is 1. The number of piperazine rings is 1. The molecule has 2 aromatic rings. The zero-order chi connectivity index (χ0) is 14.3. The van der Waals surface area contributed by atoms with Crippen LogP contribution in [-0.4, -0.2) is 35.8 Å². The van der Waals surface area contributed by atoms with Crippen molar-refractivity contribution in [3.05, 3.63) is 35.6 Å². The second kappa shape index (κ2) is 4.67. The molecule has 0 saturated carbocycles. The van der Waals surface area contributed by atoms with Crippen molar-refractivity contribution in [3.8, 4) is 0 Å². The molecule has 5 heteroatoms. The molecular weight excluding hydrogens is 256 g/mol. The quantitative estimate of drug-likeness (QED) is 0.859. The molecule has 3 rings (SSSR count). The molecule has 5 nitrogen and oxygen atoms in total. The maximum absolute atomic E-state index is 12.6. The number of hydrogen-bond acceptors (Lipinski definition) is 3. The van der Waals surface area contributed by atoms with E-state index in [1.54, 1.807) is 11.8 Å². The van der Waals surface area contributed by atoms with Crippen molar-refractivity contribution in [1.82, 2.24) is 10.2 Å². The SMILES string of the molecule is Cc1c(C(=O)N2CCNC(=O)C2C)oc2ccccc12. The fourth-order valence-electron chi connectivity index (χ4n) is 2.57. The van der Waals surface area contributed by atoms with Crippen molar-refractivity contribution < 1.29 is 14.0 Å². The van der Waals surface area contributed by atoms with Crippen LogP contribution in [0.25, 0.3) is 11.0 Å². The van der Waals surface area contributed by atoms with Gasteiger partial charge in [-0.2, -0.15) is 0 Å². The number of carbonyl (C=O) groups is 2. The van der Waals surface area contributed by atoms with Gasteiger partial charge in [-0.3, -0.25) is 9.59 Å². The summed E-state index contributed by atoms with van der Waals surface area (Å²) in [5.74, 6) is -0.0211. The molecule has 1 saturated heterocycles. The summed E-state index contributed by atoms with van der Waals surface area (Å²) in [4.78, 5) is 25.8. The topological polar surface area (TPSA) is 62.6 Å². The predicted octanol–water partition coefficient (Wildman–Crippen LogP) is 1.70. The van der Waals surface area contributed by atoms with Gasteiger partial charge < -0.3 is 14.6 Å². The highest BCUT2D eigenvalue weighted by Crippen LogP contribution is 2.26. The third kappa shape index (κ3) is 1.86. The Morgan fingerprint density at radius 1 is 1.40 bits per heavy atom.